The minimum Gasteiger partial charge on any atom is -0.365 e. The van der Waals surface area contributed by atoms with Crippen LogP contribution in [0, 0.1) is 0 Å². The number of allylic oxidation sites excluding steroid dienone is 1. The molecule has 2 nitrogen and oxygen atoms in total. The maximum atomic E-state index is 4.41. The highest BCUT2D eigenvalue weighted by atomic mass is 14.9. The van der Waals surface area contributed by atoms with Crippen LogP contribution in [0.2, 0.25) is 0 Å². The smallest absolute Gasteiger partial charge is 0.0704 e. The van der Waals surface area contributed by atoms with Gasteiger partial charge in [-0.2, -0.15) is 0 Å². The first-order valence-electron chi connectivity index (χ1n) is 6.22. The molecule has 90 valence electrons. The molecule has 1 atom stereocenters. The molecule has 0 fully saturated rings. The Hall–Kier alpha value is -2.09. The topological polar surface area (TPSA) is 24.9 Å². The lowest BCUT2D eigenvalue weighted by Gasteiger charge is -2.15. The van der Waals surface area contributed by atoms with Gasteiger partial charge in [0.25, 0.3) is 0 Å². The molecule has 0 saturated heterocycles. The van der Waals surface area contributed by atoms with Gasteiger partial charge in [-0.15, -0.1) is 0 Å². The van der Waals surface area contributed by atoms with Crippen molar-refractivity contribution in [1.29, 1.82) is 0 Å². The highest BCUT2D eigenvalue weighted by Crippen LogP contribution is 2.33. The monoisotopic (exact) mass is 236 g/mol. The van der Waals surface area contributed by atoms with Crippen LogP contribution in [0.3, 0.4) is 0 Å². The zero-order valence-corrected chi connectivity index (χ0v) is 10.5. The Morgan fingerprint density at radius 1 is 1.28 bits per heavy atom. The summed E-state index contributed by atoms with van der Waals surface area (Å²) in [6.45, 7) is 6.21. The van der Waals surface area contributed by atoms with Crippen molar-refractivity contribution in [2.45, 2.75) is 19.3 Å². The molecule has 2 heteroatoms. The van der Waals surface area contributed by atoms with Gasteiger partial charge in [-0.1, -0.05) is 31.7 Å². The van der Waals surface area contributed by atoms with Gasteiger partial charge in [0.05, 0.1) is 5.52 Å². The van der Waals surface area contributed by atoms with Crippen molar-refractivity contribution in [3.8, 4) is 0 Å². The summed E-state index contributed by atoms with van der Waals surface area (Å²) in [4.78, 5) is 4.41. The van der Waals surface area contributed by atoms with Crippen molar-refractivity contribution >= 4 is 10.9 Å². The second-order valence-corrected chi connectivity index (χ2v) is 4.78. The highest BCUT2D eigenvalue weighted by Gasteiger charge is 2.18. The fourth-order valence-corrected chi connectivity index (χ4v) is 2.53. The second kappa shape index (κ2) is 4.30. The summed E-state index contributed by atoms with van der Waals surface area (Å²) in [6, 6.07) is 10.5. The van der Waals surface area contributed by atoms with Crippen LogP contribution in [0.5, 0.6) is 0 Å². The Labute approximate surface area is 107 Å². The molecule has 3 rings (SSSR count). The van der Waals surface area contributed by atoms with Gasteiger partial charge >= 0.3 is 0 Å². The van der Waals surface area contributed by atoms with Crippen molar-refractivity contribution < 1.29 is 0 Å². The zero-order valence-electron chi connectivity index (χ0n) is 10.5. The molecule has 1 aromatic heterocycles. The van der Waals surface area contributed by atoms with Gasteiger partial charge in [0.1, 0.15) is 0 Å². The molecule has 1 aromatic carbocycles. The molecular weight excluding hydrogens is 220 g/mol. The zero-order chi connectivity index (χ0) is 12.5. The Morgan fingerprint density at radius 2 is 2.17 bits per heavy atom. The fraction of sp³-hybridized carbons (Fsp3) is 0.188. The summed E-state index contributed by atoms with van der Waals surface area (Å²) in [6.07, 6.45) is 4.87. The molecule has 18 heavy (non-hydrogen) atoms. The molecule has 0 amide bonds. The normalized spacial score (nSPS) is 16.5. The predicted molar refractivity (Wildman–Crippen MR) is 75.1 cm³/mol. The molecule has 1 N–H and O–H groups in total. The third-order valence-corrected chi connectivity index (χ3v) is 3.58. The van der Waals surface area contributed by atoms with Crippen LogP contribution in [0.15, 0.2) is 60.6 Å². The van der Waals surface area contributed by atoms with Gasteiger partial charge in [0.2, 0.25) is 0 Å². The van der Waals surface area contributed by atoms with E-state index in [9.17, 15) is 0 Å². The van der Waals surface area contributed by atoms with Gasteiger partial charge in [-0.05, 0) is 23.3 Å². The Bertz CT molecular complexity index is 635. The Morgan fingerprint density at radius 3 is 2.94 bits per heavy atom. The summed E-state index contributed by atoms with van der Waals surface area (Å²) in [7, 11) is 0. The van der Waals surface area contributed by atoms with E-state index in [4.69, 9.17) is 0 Å². The number of aromatic nitrogens is 1. The van der Waals surface area contributed by atoms with Gasteiger partial charge in [-0.3, -0.25) is 4.98 Å². The highest BCUT2D eigenvalue weighted by molar-refractivity contribution is 5.83. The van der Waals surface area contributed by atoms with E-state index in [1.165, 1.54) is 16.5 Å². The van der Waals surface area contributed by atoms with Gasteiger partial charge < -0.3 is 5.32 Å². The molecule has 0 radical (unpaired) electrons. The minimum atomic E-state index is 0.393. The lowest BCUT2D eigenvalue weighted by atomic mass is 9.89. The number of nitrogens with zero attached hydrogens (tertiary/aromatic N) is 1. The summed E-state index contributed by atoms with van der Waals surface area (Å²) in [5.74, 6) is 0.393. The predicted octanol–water partition coefficient (Wildman–Crippen LogP) is 3.73. The maximum absolute atomic E-state index is 4.41. The van der Waals surface area contributed by atoms with Crippen LogP contribution < -0.4 is 5.32 Å². The number of rotatable bonds is 2. The Kier molecular flexibility index (Phi) is 2.63. The first-order valence-corrected chi connectivity index (χ1v) is 6.22. The lowest BCUT2D eigenvalue weighted by molar-refractivity contribution is 0.874. The molecule has 1 aliphatic heterocycles. The SMILES string of the molecule is C=C1CC([C@H](C)c2cccc3ncccc23)=CN1. The summed E-state index contributed by atoms with van der Waals surface area (Å²) in [5, 5.41) is 4.44. The van der Waals surface area contributed by atoms with Crippen LogP contribution in [0.25, 0.3) is 10.9 Å². The van der Waals surface area contributed by atoms with Crippen molar-refractivity contribution in [2.75, 3.05) is 0 Å². The second-order valence-electron chi connectivity index (χ2n) is 4.78. The molecule has 0 aliphatic carbocycles. The van der Waals surface area contributed by atoms with Crippen LogP contribution in [0.4, 0.5) is 0 Å². The number of pyridine rings is 1. The number of benzene rings is 1. The summed E-state index contributed by atoms with van der Waals surface area (Å²) in [5.41, 5.74) is 4.86. The van der Waals surface area contributed by atoms with Gasteiger partial charge in [0.15, 0.2) is 0 Å². The van der Waals surface area contributed by atoms with E-state index in [0.29, 0.717) is 5.92 Å². The van der Waals surface area contributed by atoms with Crippen molar-refractivity contribution in [3.05, 3.63) is 66.1 Å². The first kappa shape index (κ1) is 11.0. The van der Waals surface area contributed by atoms with Crippen LogP contribution in [-0.4, -0.2) is 4.98 Å². The van der Waals surface area contributed by atoms with Crippen LogP contribution in [0.1, 0.15) is 24.8 Å². The molecule has 0 spiro atoms. The van der Waals surface area contributed by atoms with Crippen LogP contribution in [-0.2, 0) is 0 Å². The lowest BCUT2D eigenvalue weighted by Crippen LogP contribution is -1.98. The quantitative estimate of drug-likeness (QED) is 0.859. The van der Waals surface area contributed by atoms with Crippen LogP contribution >= 0.6 is 0 Å². The number of hydrogen-bond acceptors (Lipinski definition) is 2. The number of fused-ring (bicyclic) bond motifs is 1. The molecule has 2 aromatic rings. The van der Waals surface area contributed by atoms with Gasteiger partial charge in [0, 0.05) is 35.8 Å². The largest absolute Gasteiger partial charge is 0.365 e. The van der Waals surface area contributed by atoms with Crippen molar-refractivity contribution in [1.82, 2.24) is 10.3 Å². The summed E-state index contributed by atoms with van der Waals surface area (Å²) < 4.78 is 0. The van der Waals surface area contributed by atoms with E-state index in [0.717, 1.165) is 17.6 Å². The number of nitrogens with one attached hydrogen (secondary N) is 1. The molecule has 0 unspecified atom stereocenters. The van der Waals surface area contributed by atoms with E-state index in [-0.39, 0.29) is 0 Å². The first-order chi connectivity index (χ1) is 8.75. The van der Waals surface area contributed by atoms with E-state index in [1.54, 1.807) is 0 Å². The van der Waals surface area contributed by atoms with E-state index in [2.05, 4.69) is 54.3 Å². The average Bonchev–Trinajstić information content (AvgIpc) is 2.84. The summed E-state index contributed by atoms with van der Waals surface area (Å²) >= 11 is 0. The average molecular weight is 236 g/mol. The standard InChI is InChI=1S/C16H16N2/c1-11-9-13(10-18-11)12(2)14-5-3-7-16-15(14)6-4-8-17-16/h3-8,10,12,18H,1,9H2,2H3/t12-/m0/s1. The van der Waals surface area contributed by atoms with Crippen molar-refractivity contribution in [3.63, 3.8) is 0 Å². The molecule has 0 bridgehead atoms. The molecule has 1 aliphatic rings. The fourth-order valence-electron chi connectivity index (χ4n) is 2.53. The van der Waals surface area contributed by atoms with Crippen molar-refractivity contribution in [2.24, 2.45) is 0 Å². The van der Waals surface area contributed by atoms with E-state index < -0.39 is 0 Å². The van der Waals surface area contributed by atoms with E-state index in [1.807, 2.05) is 12.3 Å². The molecule has 0 saturated carbocycles. The third-order valence-electron chi connectivity index (χ3n) is 3.58. The third kappa shape index (κ3) is 1.80. The minimum absolute atomic E-state index is 0.393. The molecule has 2 heterocycles. The van der Waals surface area contributed by atoms with Gasteiger partial charge in [-0.25, -0.2) is 0 Å². The Balaban J connectivity index is 2.06. The maximum Gasteiger partial charge on any atom is 0.0704 e. The molecular formula is C16H16N2. The van der Waals surface area contributed by atoms with E-state index >= 15 is 0 Å². The number of hydrogen-bond donors (Lipinski definition) is 1.